The van der Waals surface area contributed by atoms with Crippen LogP contribution in [0.1, 0.15) is 75.8 Å². The van der Waals surface area contributed by atoms with E-state index in [-0.39, 0.29) is 28.4 Å². The Balaban J connectivity index is 1.61. The maximum Gasteiger partial charge on any atom is 0.273 e. The van der Waals surface area contributed by atoms with Crippen LogP contribution in [-0.4, -0.2) is 55.6 Å². The van der Waals surface area contributed by atoms with E-state index in [0.717, 1.165) is 38.5 Å². The van der Waals surface area contributed by atoms with Crippen LogP contribution in [0.2, 0.25) is 0 Å². The van der Waals surface area contributed by atoms with Gasteiger partial charge < -0.3 is 20.0 Å². The zero-order chi connectivity index (χ0) is 27.1. The van der Waals surface area contributed by atoms with Gasteiger partial charge in [-0.05, 0) is 80.1 Å². The third kappa shape index (κ3) is 4.15. The summed E-state index contributed by atoms with van der Waals surface area (Å²) in [6.07, 6.45) is 8.33. The summed E-state index contributed by atoms with van der Waals surface area (Å²) in [6, 6.07) is 7.91. The lowest BCUT2D eigenvalue weighted by atomic mass is 9.51. The summed E-state index contributed by atoms with van der Waals surface area (Å²) in [5.41, 5.74) is 5.51. The maximum absolute atomic E-state index is 12.4. The average molecular weight is 521 g/mol. The summed E-state index contributed by atoms with van der Waals surface area (Å²) in [5, 5.41) is 15.5. The fourth-order valence-corrected chi connectivity index (χ4v) is 8.25. The second kappa shape index (κ2) is 10.4. The number of nitrogens with one attached hydrogen (secondary N) is 1. The van der Waals surface area contributed by atoms with Gasteiger partial charge >= 0.3 is 0 Å². The minimum Gasteiger partial charge on any atom is -0.410 e. The quantitative estimate of drug-likeness (QED) is 0.302. The van der Waals surface area contributed by atoms with Crippen molar-refractivity contribution in [1.29, 1.82) is 0 Å². The highest BCUT2D eigenvalue weighted by Gasteiger charge is 2.63. The lowest BCUT2D eigenvalue weighted by molar-refractivity contribution is -0.149. The van der Waals surface area contributed by atoms with Crippen LogP contribution in [0.15, 0.2) is 52.2 Å². The number of benzene rings is 1. The first kappa shape index (κ1) is 26.8. The second-order valence-electron chi connectivity index (χ2n) is 11.6. The molecule has 7 nitrogen and oxygen atoms in total. The van der Waals surface area contributed by atoms with E-state index < -0.39 is 5.91 Å². The minimum atomic E-state index is -0.398. The minimum absolute atomic E-state index is 0.0111. The highest BCUT2D eigenvalue weighted by molar-refractivity contribution is 6.45. The molecule has 0 aromatic heterocycles. The fraction of sp³-hybridized carbons (Fsp3) is 0.581. The van der Waals surface area contributed by atoms with Crippen molar-refractivity contribution < 1.29 is 24.3 Å². The predicted octanol–water partition coefficient (Wildman–Crippen LogP) is 4.93. The molecule has 0 heterocycles. The van der Waals surface area contributed by atoms with E-state index in [1.807, 2.05) is 32.2 Å². The number of hydrogen-bond donors (Lipinski definition) is 2. The van der Waals surface area contributed by atoms with Crippen molar-refractivity contribution in [3.05, 3.63) is 58.2 Å². The zero-order valence-electron chi connectivity index (χ0n) is 23.0. The van der Waals surface area contributed by atoms with Gasteiger partial charge in [0.25, 0.3) is 5.91 Å². The number of carbonyl (C=O) groups is 2. The van der Waals surface area contributed by atoms with E-state index in [1.54, 1.807) is 7.11 Å². The Hall–Kier alpha value is -2.77. The molecule has 2 fully saturated rings. The van der Waals surface area contributed by atoms with Gasteiger partial charge in [0, 0.05) is 44.1 Å². The molecule has 0 spiro atoms. The third-order valence-corrected chi connectivity index (χ3v) is 10.0. The number of hydrogen-bond acceptors (Lipinski definition) is 6. The second-order valence-corrected chi connectivity index (χ2v) is 11.6. The number of ketones is 1. The summed E-state index contributed by atoms with van der Waals surface area (Å²) in [4.78, 5) is 24.7. The third-order valence-electron chi connectivity index (χ3n) is 10.0. The molecule has 0 unspecified atom stereocenters. The molecule has 0 saturated heterocycles. The van der Waals surface area contributed by atoms with Crippen molar-refractivity contribution in [1.82, 2.24) is 5.32 Å². The number of allylic oxidation sites excluding steroid dienone is 4. The van der Waals surface area contributed by atoms with Crippen molar-refractivity contribution in [3.63, 3.8) is 0 Å². The molecule has 2 saturated carbocycles. The SMILES string of the molecule is CCNC(=O)/C(=N/O)c1ccc([C@H]2C[C@@]3(C)[C@@H](CC[C@]3(COC)OC)[C@@H]3CCC4=CC(=O)CCC4=C32)cc1. The Kier molecular flexibility index (Phi) is 7.35. The number of likely N-dealkylation sites (N-methyl/N-ethyl adjacent to an activating group) is 1. The molecule has 5 rings (SSSR count). The van der Waals surface area contributed by atoms with Gasteiger partial charge in [-0.15, -0.1) is 0 Å². The molecule has 38 heavy (non-hydrogen) atoms. The zero-order valence-corrected chi connectivity index (χ0v) is 23.0. The fourth-order valence-electron chi connectivity index (χ4n) is 8.25. The molecule has 2 N–H and O–H groups in total. The summed E-state index contributed by atoms with van der Waals surface area (Å²) in [7, 11) is 3.59. The molecule has 1 aromatic rings. The van der Waals surface area contributed by atoms with Crippen molar-refractivity contribution in [2.24, 2.45) is 22.4 Å². The molecular formula is C31H40N2O5. The molecule has 4 aliphatic rings. The Morgan fingerprint density at radius 3 is 2.58 bits per heavy atom. The number of fused-ring (bicyclic) bond motifs is 4. The van der Waals surface area contributed by atoms with Crippen LogP contribution in [0.25, 0.3) is 0 Å². The lowest BCUT2D eigenvalue weighted by Crippen LogP contribution is -2.54. The monoisotopic (exact) mass is 520 g/mol. The van der Waals surface area contributed by atoms with Crippen LogP contribution in [-0.2, 0) is 19.1 Å². The molecular weight excluding hydrogens is 480 g/mol. The number of ether oxygens (including phenoxy) is 2. The summed E-state index contributed by atoms with van der Waals surface area (Å²) < 4.78 is 12.1. The Labute approximate surface area is 225 Å². The van der Waals surface area contributed by atoms with Gasteiger partial charge in [-0.25, -0.2) is 0 Å². The largest absolute Gasteiger partial charge is 0.410 e. The topological polar surface area (TPSA) is 97.2 Å². The summed E-state index contributed by atoms with van der Waals surface area (Å²) in [6.45, 7) is 5.26. The van der Waals surface area contributed by atoms with Gasteiger partial charge in [0.1, 0.15) is 0 Å². The molecule has 4 aliphatic carbocycles. The van der Waals surface area contributed by atoms with Gasteiger partial charge in [0.2, 0.25) is 0 Å². The van der Waals surface area contributed by atoms with Gasteiger partial charge in [-0.3, -0.25) is 9.59 Å². The molecule has 204 valence electrons. The van der Waals surface area contributed by atoms with Crippen LogP contribution < -0.4 is 5.32 Å². The lowest BCUT2D eigenvalue weighted by Gasteiger charge is -2.55. The number of amides is 1. The van der Waals surface area contributed by atoms with Gasteiger partial charge in [0.05, 0.1) is 12.2 Å². The van der Waals surface area contributed by atoms with Gasteiger partial charge in [-0.1, -0.05) is 41.9 Å². The van der Waals surface area contributed by atoms with E-state index >= 15 is 0 Å². The molecule has 5 atom stereocenters. The summed E-state index contributed by atoms with van der Waals surface area (Å²) >= 11 is 0. The maximum atomic E-state index is 12.4. The van der Waals surface area contributed by atoms with Crippen molar-refractivity contribution in [2.45, 2.75) is 70.3 Å². The molecule has 1 aromatic carbocycles. The first-order chi connectivity index (χ1) is 18.3. The number of methoxy groups -OCH3 is 2. The molecule has 7 heteroatoms. The Morgan fingerprint density at radius 1 is 1.16 bits per heavy atom. The molecule has 0 aliphatic heterocycles. The van der Waals surface area contributed by atoms with E-state index in [9.17, 15) is 14.8 Å². The Bertz CT molecular complexity index is 1200. The van der Waals surface area contributed by atoms with Crippen LogP contribution in [0.3, 0.4) is 0 Å². The van der Waals surface area contributed by atoms with Crippen molar-refractivity contribution in [3.8, 4) is 0 Å². The van der Waals surface area contributed by atoms with Crippen LogP contribution in [0, 0.1) is 17.3 Å². The van der Waals surface area contributed by atoms with Crippen LogP contribution in [0.5, 0.6) is 0 Å². The van der Waals surface area contributed by atoms with E-state index in [0.29, 0.717) is 37.0 Å². The first-order valence-electron chi connectivity index (χ1n) is 13.9. The van der Waals surface area contributed by atoms with Gasteiger partial charge in [-0.2, -0.15) is 0 Å². The Morgan fingerprint density at radius 2 is 1.92 bits per heavy atom. The summed E-state index contributed by atoms with van der Waals surface area (Å²) in [5.74, 6) is 0.957. The van der Waals surface area contributed by atoms with Crippen LogP contribution in [0.4, 0.5) is 0 Å². The molecule has 1 amide bonds. The number of carbonyl (C=O) groups excluding carboxylic acids is 2. The van der Waals surface area contributed by atoms with E-state index in [1.165, 1.54) is 22.3 Å². The predicted molar refractivity (Wildman–Crippen MR) is 145 cm³/mol. The van der Waals surface area contributed by atoms with Crippen molar-refractivity contribution >= 4 is 17.4 Å². The molecule has 0 radical (unpaired) electrons. The average Bonchev–Trinajstić information content (AvgIpc) is 3.21. The highest BCUT2D eigenvalue weighted by Crippen LogP contribution is 2.67. The highest BCUT2D eigenvalue weighted by atomic mass is 16.5. The standard InChI is InChI=1S/C31H40N2O5/c1-5-32-29(35)28(33-36)20-8-6-19(7-9-20)25-17-30(2)26(14-15-31(30,38-4)18-37-3)24-12-10-21-16-22(34)11-13-23(21)27(24)25/h6-9,16,24-26,36H,5,10-15,17-18H2,1-4H3,(H,32,35)/b33-28+/t24-,25+,26-,30-,31+/m0/s1. The van der Waals surface area contributed by atoms with E-state index in [4.69, 9.17) is 9.47 Å². The van der Waals surface area contributed by atoms with E-state index in [2.05, 4.69) is 29.5 Å². The smallest absolute Gasteiger partial charge is 0.273 e. The first-order valence-corrected chi connectivity index (χ1v) is 13.9. The van der Waals surface area contributed by atoms with Crippen LogP contribution >= 0.6 is 0 Å². The normalized spacial score (nSPS) is 32.8. The number of rotatable bonds is 7. The van der Waals surface area contributed by atoms with Gasteiger partial charge in [0.15, 0.2) is 11.5 Å². The number of oxime groups is 1. The van der Waals surface area contributed by atoms with Crippen molar-refractivity contribution in [2.75, 3.05) is 27.4 Å². The number of nitrogens with zero attached hydrogens (tertiary/aromatic N) is 1. The molecule has 0 bridgehead atoms.